The molecule has 2 amide bonds. The van der Waals surface area contributed by atoms with E-state index < -0.39 is 5.91 Å². The normalized spacial score (nSPS) is 9.96. The fraction of sp³-hybridized carbons (Fsp3) is 0.188. The molecule has 1 heterocycles. The van der Waals surface area contributed by atoms with Gasteiger partial charge in [0.05, 0.1) is 11.3 Å². The summed E-state index contributed by atoms with van der Waals surface area (Å²) in [6, 6.07) is 9.02. The minimum absolute atomic E-state index is 0.0381. The average molecular weight is 314 g/mol. The molecular weight excluding hydrogens is 296 g/mol. The lowest BCUT2D eigenvalue weighted by Crippen LogP contribution is -2.24. The van der Waals surface area contributed by atoms with E-state index in [4.69, 9.17) is 10.5 Å². The zero-order valence-corrected chi connectivity index (χ0v) is 12.7. The SMILES string of the molecule is CNC(=O)COc1cccc(CNc2ccncc2C(N)=O)c1. The molecule has 0 aliphatic heterocycles. The Labute approximate surface area is 133 Å². The van der Waals surface area contributed by atoms with Crippen LogP contribution in [-0.2, 0) is 11.3 Å². The number of nitrogens with zero attached hydrogens (tertiary/aromatic N) is 1. The van der Waals surface area contributed by atoms with Crippen LogP contribution in [0.15, 0.2) is 42.7 Å². The quantitative estimate of drug-likeness (QED) is 0.704. The minimum Gasteiger partial charge on any atom is -0.484 e. The topological polar surface area (TPSA) is 106 Å². The van der Waals surface area contributed by atoms with Crippen LogP contribution in [0.4, 0.5) is 5.69 Å². The highest BCUT2D eigenvalue weighted by Gasteiger charge is 2.07. The first kappa shape index (κ1) is 16.3. The highest BCUT2D eigenvalue weighted by Crippen LogP contribution is 2.17. The number of likely N-dealkylation sites (N-methyl/N-ethyl adjacent to an activating group) is 1. The molecule has 0 aliphatic carbocycles. The lowest BCUT2D eigenvalue weighted by atomic mass is 10.2. The van der Waals surface area contributed by atoms with Gasteiger partial charge in [-0.2, -0.15) is 0 Å². The number of ether oxygens (including phenoxy) is 1. The van der Waals surface area contributed by atoms with E-state index >= 15 is 0 Å². The first-order chi connectivity index (χ1) is 11.1. The van der Waals surface area contributed by atoms with Crippen molar-refractivity contribution >= 4 is 17.5 Å². The molecule has 2 rings (SSSR count). The molecule has 0 atom stereocenters. The van der Waals surface area contributed by atoms with Crippen LogP contribution >= 0.6 is 0 Å². The van der Waals surface area contributed by atoms with Gasteiger partial charge in [0.15, 0.2) is 6.61 Å². The van der Waals surface area contributed by atoms with Crippen molar-refractivity contribution < 1.29 is 14.3 Å². The standard InChI is InChI=1S/C16H18N4O3/c1-18-15(21)10-23-12-4-2-3-11(7-12)8-20-14-5-6-19-9-13(14)16(17)22/h2-7,9H,8,10H2,1H3,(H2,17,22)(H,18,21)(H,19,20). The number of carbonyl (C=O) groups excluding carboxylic acids is 2. The van der Waals surface area contributed by atoms with Crippen LogP contribution in [-0.4, -0.2) is 30.5 Å². The lowest BCUT2D eigenvalue weighted by Gasteiger charge is -2.11. The fourth-order valence-corrected chi connectivity index (χ4v) is 1.91. The summed E-state index contributed by atoms with van der Waals surface area (Å²) in [5.74, 6) is -0.141. The number of anilines is 1. The van der Waals surface area contributed by atoms with Crippen molar-refractivity contribution in [3.05, 3.63) is 53.9 Å². The van der Waals surface area contributed by atoms with Crippen LogP contribution in [0.1, 0.15) is 15.9 Å². The third-order valence-corrected chi connectivity index (χ3v) is 3.12. The first-order valence-electron chi connectivity index (χ1n) is 7.00. The van der Waals surface area contributed by atoms with Gasteiger partial charge < -0.3 is 21.1 Å². The Morgan fingerprint density at radius 1 is 1.30 bits per heavy atom. The number of benzene rings is 1. The highest BCUT2D eigenvalue weighted by molar-refractivity contribution is 5.98. The number of carbonyl (C=O) groups is 2. The summed E-state index contributed by atoms with van der Waals surface area (Å²) in [4.78, 5) is 26.4. The van der Waals surface area contributed by atoms with E-state index in [0.29, 0.717) is 23.5 Å². The van der Waals surface area contributed by atoms with Gasteiger partial charge in [0, 0.05) is 26.0 Å². The third-order valence-electron chi connectivity index (χ3n) is 3.12. The van der Waals surface area contributed by atoms with Gasteiger partial charge >= 0.3 is 0 Å². The maximum Gasteiger partial charge on any atom is 0.257 e. The second-order valence-corrected chi connectivity index (χ2v) is 4.75. The number of hydrogen-bond donors (Lipinski definition) is 3. The molecule has 0 aliphatic rings. The van der Waals surface area contributed by atoms with Gasteiger partial charge in [-0.05, 0) is 23.8 Å². The molecule has 0 fully saturated rings. The van der Waals surface area contributed by atoms with Crippen LogP contribution in [0.3, 0.4) is 0 Å². The molecule has 1 aromatic heterocycles. The summed E-state index contributed by atoms with van der Waals surface area (Å²) in [7, 11) is 1.55. The molecule has 0 unspecified atom stereocenters. The summed E-state index contributed by atoms with van der Waals surface area (Å²) < 4.78 is 5.39. The molecule has 23 heavy (non-hydrogen) atoms. The number of nitrogens with two attached hydrogens (primary N) is 1. The zero-order valence-electron chi connectivity index (χ0n) is 12.7. The number of pyridine rings is 1. The predicted octanol–water partition coefficient (Wildman–Crippen LogP) is 0.917. The predicted molar refractivity (Wildman–Crippen MR) is 86.1 cm³/mol. The van der Waals surface area contributed by atoms with E-state index in [2.05, 4.69) is 15.6 Å². The van der Waals surface area contributed by atoms with Crippen LogP contribution in [0.5, 0.6) is 5.75 Å². The zero-order chi connectivity index (χ0) is 16.7. The van der Waals surface area contributed by atoms with Crippen molar-refractivity contribution in [3.8, 4) is 5.75 Å². The number of nitrogens with one attached hydrogen (secondary N) is 2. The molecule has 0 radical (unpaired) electrons. The molecule has 1 aromatic carbocycles. The molecule has 4 N–H and O–H groups in total. The summed E-state index contributed by atoms with van der Waals surface area (Å²) >= 11 is 0. The Morgan fingerprint density at radius 2 is 2.13 bits per heavy atom. The van der Waals surface area contributed by atoms with E-state index in [9.17, 15) is 9.59 Å². The Morgan fingerprint density at radius 3 is 2.87 bits per heavy atom. The minimum atomic E-state index is -0.539. The van der Waals surface area contributed by atoms with E-state index in [1.165, 1.54) is 6.20 Å². The number of hydrogen-bond acceptors (Lipinski definition) is 5. The molecule has 7 nitrogen and oxygen atoms in total. The molecule has 0 saturated heterocycles. The van der Waals surface area contributed by atoms with Crippen LogP contribution < -0.4 is 21.1 Å². The highest BCUT2D eigenvalue weighted by atomic mass is 16.5. The number of amides is 2. The Balaban J connectivity index is 2.01. The molecule has 7 heteroatoms. The average Bonchev–Trinajstić information content (AvgIpc) is 2.58. The number of primary amides is 1. The molecule has 0 saturated carbocycles. The van der Waals surface area contributed by atoms with Crippen molar-refractivity contribution in [1.82, 2.24) is 10.3 Å². The van der Waals surface area contributed by atoms with Crippen molar-refractivity contribution in [3.63, 3.8) is 0 Å². The lowest BCUT2D eigenvalue weighted by molar-refractivity contribution is -0.122. The largest absolute Gasteiger partial charge is 0.484 e. The first-order valence-corrected chi connectivity index (χ1v) is 7.00. The molecule has 2 aromatic rings. The third kappa shape index (κ3) is 4.70. The van der Waals surface area contributed by atoms with E-state index in [0.717, 1.165) is 5.56 Å². The van der Waals surface area contributed by atoms with Crippen LogP contribution in [0.25, 0.3) is 0 Å². The van der Waals surface area contributed by atoms with Crippen molar-refractivity contribution in [2.24, 2.45) is 5.73 Å². The van der Waals surface area contributed by atoms with Crippen molar-refractivity contribution in [1.29, 1.82) is 0 Å². The molecular formula is C16H18N4O3. The molecule has 0 bridgehead atoms. The van der Waals surface area contributed by atoms with Gasteiger partial charge in [0.25, 0.3) is 11.8 Å². The van der Waals surface area contributed by atoms with Crippen molar-refractivity contribution in [2.45, 2.75) is 6.54 Å². The van der Waals surface area contributed by atoms with Crippen LogP contribution in [0, 0.1) is 0 Å². The monoisotopic (exact) mass is 314 g/mol. The van der Waals surface area contributed by atoms with Gasteiger partial charge in [-0.3, -0.25) is 14.6 Å². The Hall–Kier alpha value is -3.09. The molecule has 0 spiro atoms. The maximum absolute atomic E-state index is 11.3. The summed E-state index contributed by atoms with van der Waals surface area (Å²) in [5.41, 5.74) is 7.20. The molecule has 120 valence electrons. The number of aromatic nitrogens is 1. The Kier molecular flexibility index (Phi) is 5.51. The van der Waals surface area contributed by atoms with Gasteiger partial charge in [-0.25, -0.2) is 0 Å². The summed E-state index contributed by atoms with van der Waals surface area (Å²) in [6.07, 6.45) is 3.01. The smallest absolute Gasteiger partial charge is 0.257 e. The van der Waals surface area contributed by atoms with Crippen LogP contribution in [0.2, 0.25) is 0 Å². The van der Waals surface area contributed by atoms with Gasteiger partial charge in [-0.15, -0.1) is 0 Å². The summed E-state index contributed by atoms with van der Waals surface area (Å²) in [5, 5.41) is 5.63. The van der Waals surface area contributed by atoms with Crippen molar-refractivity contribution in [2.75, 3.05) is 19.0 Å². The number of rotatable bonds is 7. The second kappa shape index (κ2) is 7.79. The van der Waals surface area contributed by atoms with Gasteiger partial charge in [-0.1, -0.05) is 12.1 Å². The van der Waals surface area contributed by atoms with E-state index in [1.54, 1.807) is 25.4 Å². The second-order valence-electron chi connectivity index (χ2n) is 4.75. The van der Waals surface area contributed by atoms with E-state index in [1.807, 2.05) is 18.2 Å². The van der Waals surface area contributed by atoms with E-state index in [-0.39, 0.29) is 12.5 Å². The van der Waals surface area contributed by atoms with Gasteiger partial charge in [0.2, 0.25) is 0 Å². The summed E-state index contributed by atoms with van der Waals surface area (Å²) in [6.45, 7) is 0.436. The maximum atomic E-state index is 11.3. The van der Waals surface area contributed by atoms with Gasteiger partial charge in [0.1, 0.15) is 5.75 Å². The Bertz CT molecular complexity index is 703. The fourth-order valence-electron chi connectivity index (χ4n) is 1.91.